The van der Waals surface area contributed by atoms with Crippen LogP contribution in [-0.4, -0.2) is 15.2 Å². The first-order valence-electron chi connectivity index (χ1n) is 27.3. The fraction of sp³-hybridized carbons (Fsp3) is 0.0541. The molecule has 15 rings (SSSR count). The third-order valence-electron chi connectivity index (χ3n) is 16.3. The molecule has 2 aromatic heterocycles. The second-order valence-electron chi connectivity index (χ2n) is 20.9. The van der Waals surface area contributed by atoms with Gasteiger partial charge in [0.05, 0.1) is 22.6 Å². The average molecular weight is 999 g/mol. The summed E-state index contributed by atoms with van der Waals surface area (Å²) in [5, 5.41) is 7.46. The van der Waals surface area contributed by atoms with Gasteiger partial charge in [-0.1, -0.05) is 170 Å². The largest absolute Gasteiger partial charge is 0.355 e. The number of nitrogens with one attached hydrogen (secondary N) is 1. The van der Waals surface area contributed by atoms with Gasteiger partial charge >= 0.3 is 0 Å². The quantitative estimate of drug-likeness (QED) is 0.148. The Bertz CT molecular complexity index is 4390. The molecule has 4 heteroatoms. The van der Waals surface area contributed by atoms with Gasteiger partial charge in [0, 0.05) is 73.5 Å². The van der Waals surface area contributed by atoms with Crippen molar-refractivity contribution in [2.24, 2.45) is 0 Å². The summed E-state index contributed by atoms with van der Waals surface area (Å²) in [6, 6.07) is 86.7. The van der Waals surface area contributed by atoms with E-state index < -0.39 is 0 Å². The molecule has 1 aliphatic heterocycles. The lowest BCUT2D eigenvalue weighted by atomic mass is 9.88. The third kappa shape index (κ3) is 7.92. The summed E-state index contributed by atoms with van der Waals surface area (Å²) in [6.45, 7) is 0. The third-order valence-corrected chi connectivity index (χ3v) is 16.3. The second-order valence-corrected chi connectivity index (χ2v) is 20.9. The molecule has 0 saturated carbocycles. The lowest BCUT2D eigenvalue weighted by Gasteiger charge is -2.28. The number of hydrogen-bond donors (Lipinski definition) is 1. The first-order valence-corrected chi connectivity index (χ1v) is 27.3. The summed E-state index contributed by atoms with van der Waals surface area (Å²) < 4.78 is 4.81. The molecule has 0 radical (unpaired) electrons. The van der Waals surface area contributed by atoms with Crippen LogP contribution >= 0.6 is 0 Å². The molecule has 2 atom stereocenters. The maximum absolute atomic E-state index is 3.70. The SMILES string of the molecule is C1=CC2c3cc(-c4ccc5c(c4)c4cc6c(cc4n5-c4ccccc4)C(/C=C\c4cn(-c5ccccc5)c5ccc(-c7ccc(Nc8ccccc8)c(-c8ccccc8)c7)cc45)=CCC6)ccc3N(c3ccccc3)C2C=C1. The molecule has 12 aromatic rings. The number of aryl methyl sites for hydroxylation is 1. The average Bonchev–Trinajstić information content (AvgIpc) is 4.36. The smallest absolute Gasteiger partial charge is 0.0629 e. The molecule has 3 aliphatic rings. The molecule has 2 aliphatic carbocycles. The second kappa shape index (κ2) is 19.0. The van der Waals surface area contributed by atoms with Crippen LogP contribution in [0.3, 0.4) is 0 Å². The Kier molecular flexibility index (Phi) is 11.1. The predicted octanol–water partition coefficient (Wildman–Crippen LogP) is 19.2. The highest BCUT2D eigenvalue weighted by atomic mass is 15.2. The number of benzene rings is 10. The maximum Gasteiger partial charge on any atom is 0.0629 e. The minimum Gasteiger partial charge on any atom is -0.355 e. The predicted molar refractivity (Wildman–Crippen MR) is 329 cm³/mol. The van der Waals surface area contributed by atoms with Crippen LogP contribution in [-0.2, 0) is 6.42 Å². The van der Waals surface area contributed by atoms with Crippen LogP contribution in [0.25, 0.3) is 89.1 Å². The lowest BCUT2D eigenvalue weighted by Crippen LogP contribution is -2.28. The number of para-hydroxylation sites is 4. The summed E-state index contributed by atoms with van der Waals surface area (Å²) in [5.74, 6) is 0.289. The molecule has 78 heavy (non-hydrogen) atoms. The summed E-state index contributed by atoms with van der Waals surface area (Å²) in [7, 11) is 0. The summed E-state index contributed by atoms with van der Waals surface area (Å²) in [4.78, 5) is 2.51. The molecule has 0 bridgehead atoms. The molecule has 0 amide bonds. The zero-order valence-corrected chi connectivity index (χ0v) is 43.0. The minimum absolute atomic E-state index is 0.253. The summed E-state index contributed by atoms with van der Waals surface area (Å²) >= 11 is 0. The Morgan fingerprint density at radius 3 is 1.83 bits per heavy atom. The van der Waals surface area contributed by atoms with E-state index in [4.69, 9.17) is 0 Å². The van der Waals surface area contributed by atoms with Gasteiger partial charge in [-0.15, -0.1) is 0 Å². The zero-order chi connectivity index (χ0) is 51.5. The van der Waals surface area contributed by atoms with Gasteiger partial charge in [0.1, 0.15) is 0 Å². The molecule has 10 aromatic carbocycles. The standard InChI is InChI=1S/C74H54N4/c1-6-19-50(20-7-1)64-43-52(35-39-69(64)75-58-23-8-2-9-24-58)53-36-40-70-65(44-53)57(49-76(70)59-25-10-3-11-26-59)34-33-51-21-18-22-56-47-68-67-46-55(38-42-73(67)78(74(68)48-63(51)56)61-29-14-5-15-30-61)54-37-41-72-66(45-54)62-31-16-17-32-71(62)77(72)60-27-12-4-13-28-60/h1-17,19-21,23-49,62,71,75H,18,22H2/b34-33-. The van der Waals surface area contributed by atoms with Crippen molar-refractivity contribution in [2.75, 3.05) is 10.2 Å². The first kappa shape index (κ1) is 45.5. The van der Waals surface area contributed by atoms with Gasteiger partial charge in [-0.2, -0.15) is 0 Å². The van der Waals surface area contributed by atoms with E-state index in [2.05, 4.69) is 305 Å². The molecule has 1 N–H and O–H groups in total. The van der Waals surface area contributed by atoms with Gasteiger partial charge in [-0.05, 0) is 172 Å². The van der Waals surface area contributed by atoms with Crippen molar-refractivity contribution in [3.05, 3.63) is 301 Å². The van der Waals surface area contributed by atoms with Gasteiger partial charge in [0.2, 0.25) is 0 Å². The Hall–Kier alpha value is -9.90. The van der Waals surface area contributed by atoms with Crippen molar-refractivity contribution in [3.63, 3.8) is 0 Å². The Balaban J connectivity index is 0.821. The van der Waals surface area contributed by atoms with Crippen LogP contribution in [0, 0.1) is 0 Å². The molecule has 0 fully saturated rings. The van der Waals surface area contributed by atoms with Crippen molar-refractivity contribution in [2.45, 2.75) is 24.8 Å². The highest BCUT2D eigenvalue weighted by Gasteiger charge is 2.37. The summed E-state index contributed by atoms with van der Waals surface area (Å²) in [5.41, 5.74) is 24.2. The van der Waals surface area contributed by atoms with E-state index in [-0.39, 0.29) is 12.0 Å². The van der Waals surface area contributed by atoms with E-state index in [0.717, 1.165) is 41.2 Å². The fourth-order valence-electron chi connectivity index (χ4n) is 12.6. The monoisotopic (exact) mass is 998 g/mol. The van der Waals surface area contributed by atoms with Crippen molar-refractivity contribution in [3.8, 4) is 44.8 Å². The molecule has 2 unspecified atom stereocenters. The molecular formula is C74H54N4. The van der Waals surface area contributed by atoms with E-state index in [1.54, 1.807) is 0 Å². The maximum atomic E-state index is 3.70. The number of anilines is 4. The molecule has 370 valence electrons. The normalized spacial score (nSPS) is 15.5. The lowest BCUT2D eigenvalue weighted by molar-refractivity contribution is 0.745. The van der Waals surface area contributed by atoms with Gasteiger partial charge in [0.25, 0.3) is 0 Å². The van der Waals surface area contributed by atoms with Gasteiger partial charge in [0.15, 0.2) is 0 Å². The zero-order valence-electron chi connectivity index (χ0n) is 43.0. The molecule has 4 nitrogen and oxygen atoms in total. The van der Waals surface area contributed by atoms with Crippen LogP contribution in [0.5, 0.6) is 0 Å². The highest BCUT2D eigenvalue weighted by molar-refractivity contribution is 6.12. The molecule has 0 saturated heterocycles. The van der Waals surface area contributed by atoms with Crippen molar-refractivity contribution in [1.29, 1.82) is 0 Å². The number of hydrogen-bond acceptors (Lipinski definition) is 2. The van der Waals surface area contributed by atoms with Crippen LogP contribution in [0.4, 0.5) is 22.7 Å². The van der Waals surface area contributed by atoms with E-state index in [1.807, 2.05) is 0 Å². The molecule has 3 heterocycles. The number of nitrogens with zero attached hydrogens (tertiary/aromatic N) is 3. The van der Waals surface area contributed by atoms with Crippen molar-refractivity contribution >= 4 is 67.1 Å². The number of allylic oxidation sites excluding steroid dienone is 5. The van der Waals surface area contributed by atoms with E-state index in [0.29, 0.717) is 0 Å². The first-order chi connectivity index (χ1) is 38.7. The van der Waals surface area contributed by atoms with Crippen LogP contribution in [0.1, 0.15) is 34.6 Å². The number of rotatable bonds is 10. The van der Waals surface area contributed by atoms with E-state index in [1.165, 1.54) is 99.7 Å². The van der Waals surface area contributed by atoms with Crippen LogP contribution in [0.15, 0.2) is 279 Å². The van der Waals surface area contributed by atoms with Gasteiger partial charge in [-0.25, -0.2) is 0 Å². The molecular weight excluding hydrogens is 945 g/mol. The van der Waals surface area contributed by atoms with Crippen molar-refractivity contribution < 1.29 is 0 Å². The fourth-order valence-corrected chi connectivity index (χ4v) is 12.6. The summed E-state index contributed by atoms with van der Waals surface area (Å²) in [6.07, 6.45) is 20.6. The van der Waals surface area contributed by atoms with Crippen LogP contribution < -0.4 is 10.2 Å². The van der Waals surface area contributed by atoms with E-state index >= 15 is 0 Å². The van der Waals surface area contributed by atoms with Crippen LogP contribution in [0.2, 0.25) is 0 Å². The van der Waals surface area contributed by atoms with Crippen molar-refractivity contribution in [1.82, 2.24) is 9.13 Å². The van der Waals surface area contributed by atoms with E-state index in [9.17, 15) is 0 Å². The number of aromatic nitrogens is 2. The number of fused-ring (bicyclic) bond motifs is 8. The van der Waals surface area contributed by atoms with Gasteiger partial charge in [-0.3, -0.25) is 0 Å². The highest BCUT2D eigenvalue weighted by Crippen LogP contribution is 2.49. The minimum atomic E-state index is 0.253. The molecule has 0 spiro atoms. The Morgan fingerprint density at radius 2 is 1.06 bits per heavy atom. The van der Waals surface area contributed by atoms with Gasteiger partial charge < -0.3 is 19.4 Å². The Morgan fingerprint density at radius 1 is 0.449 bits per heavy atom. The Labute approximate surface area is 455 Å². The topological polar surface area (TPSA) is 25.1 Å².